The standard InChI is InChI=1S/C16H19F3O2/c1-16-5-4-8(6-9(16)2-3-12(16)20)10-7-11(17)15(21)14(19)13(10)18/h7-9,12,20-21H,2-6H2,1H3/t8-,9-,12-,16-/m0/s1. The van der Waals surface area contributed by atoms with E-state index in [1.807, 2.05) is 6.92 Å². The summed E-state index contributed by atoms with van der Waals surface area (Å²) in [5.74, 6) is -5.06. The summed E-state index contributed by atoms with van der Waals surface area (Å²) in [6.07, 6.45) is 3.17. The van der Waals surface area contributed by atoms with Gasteiger partial charge in [0.05, 0.1) is 6.10 Å². The molecule has 0 aliphatic heterocycles. The van der Waals surface area contributed by atoms with Crippen LogP contribution in [0, 0.1) is 28.8 Å². The molecule has 116 valence electrons. The van der Waals surface area contributed by atoms with Gasteiger partial charge in [0.25, 0.3) is 0 Å². The highest BCUT2D eigenvalue weighted by molar-refractivity contribution is 5.34. The third-order valence-corrected chi connectivity index (χ3v) is 5.69. The number of phenolic OH excluding ortho intramolecular Hbond substituents is 1. The van der Waals surface area contributed by atoms with E-state index in [0.29, 0.717) is 19.3 Å². The van der Waals surface area contributed by atoms with Gasteiger partial charge in [0.15, 0.2) is 17.4 Å². The minimum absolute atomic E-state index is 0.00578. The Labute approximate surface area is 121 Å². The van der Waals surface area contributed by atoms with Crippen LogP contribution in [-0.4, -0.2) is 16.3 Å². The fourth-order valence-corrected chi connectivity index (χ4v) is 4.18. The predicted molar refractivity (Wildman–Crippen MR) is 71.4 cm³/mol. The molecule has 0 radical (unpaired) electrons. The maximum absolute atomic E-state index is 14.0. The Bertz CT molecular complexity index is 575. The van der Waals surface area contributed by atoms with Gasteiger partial charge in [0.2, 0.25) is 5.82 Å². The van der Waals surface area contributed by atoms with Crippen LogP contribution in [0.1, 0.15) is 50.5 Å². The first-order chi connectivity index (χ1) is 9.84. The minimum atomic E-state index is -1.51. The van der Waals surface area contributed by atoms with Crippen LogP contribution in [0.4, 0.5) is 13.2 Å². The quantitative estimate of drug-likeness (QED) is 0.773. The highest BCUT2D eigenvalue weighted by Crippen LogP contribution is 2.55. The van der Waals surface area contributed by atoms with Crippen LogP contribution in [0.15, 0.2) is 6.07 Å². The molecule has 1 aromatic carbocycles. The topological polar surface area (TPSA) is 40.5 Å². The summed E-state index contributed by atoms with van der Waals surface area (Å²) in [7, 11) is 0. The first-order valence-electron chi connectivity index (χ1n) is 7.39. The number of hydrogen-bond acceptors (Lipinski definition) is 2. The molecular formula is C16H19F3O2. The first kappa shape index (κ1) is 14.7. The van der Waals surface area contributed by atoms with Crippen molar-refractivity contribution in [3.63, 3.8) is 0 Å². The molecule has 2 aliphatic carbocycles. The highest BCUT2D eigenvalue weighted by Gasteiger charge is 2.49. The lowest BCUT2D eigenvalue weighted by Crippen LogP contribution is -2.37. The third kappa shape index (κ3) is 2.13. The summed E-state index contributed by atoms with van der Waals surface area (Å²) in [4.78, 5) is 0. The molecule has 0 aromatic heterocycles. The smallest absolute Gasteiger partial charge is 0.203 e. The maximum atomic E-state index is 14.0. The minimum Gasteiger partial charge on any atom is -0.503 e. The Morgan fingerprint density at radius 2 is 1.86 bits per heavy atom. The lowest BCUT2D eigenvalue weighted by Gasteiger charge is -2.42. The van der Waals surface area contributed by atoms with Gasteiger partial charge in [-0.25, -0.2) is 8.78 Å². The number of fused-ring (bicyclic) bond motifs is 1. The summed E-state index contributed by atoms with van der Waals surface area (Å²) >= 11 is 0. The van der Waals surface area contributed by atoms with Crippen molar-refractivity contribution in [2.24, 2.45) is 11.3 Å². The fourth-order valence-electron chi connectivity index (χ4n) is 4.18. The molecule has 2 N–H and O–H groups in total. The lowest BCUT2D eigenvalue weighted by atomic mass is 9.64. The summed E-state index contributed by atoms with van der Waals surface area (Å²) in [6.45, 7) is 2.04. The highest BCUT2D eigenvalue weighted by atomic mass is 19.2. The molecule has 1 aromatic rings. The van der Waals surface area contributed by atoms with Gasteiger partial charge in [-0.15, -0.1) is 0 Å². The van der Waals surface area contributed by atoms with E-state index in [2.05, 4.69) is 0 Å². The molecule has 0 amide bonds. The van der Waals surface area contributed by atoms with Crippen molar-refractivity contribution in [1.82, 2.24) is 0 Å². The van der Waals surface area contributed by atoms with Crippen molar-refractivity contribution >= 4 is 0 Å². The number of halogens is 3. The van der Waals surface area contributed by atoms with Gasteiger partial charge in [-0.2, -0.15) is 4.39 Å². The Kier molecular flexibility index (Phi) is 3.43. The zero-order valence-electron chi connectivity index (χ0n) is 11.9. The molecule has 2 saturated carbocycles. The zero-order valence-corrected chi connectivity index (χ0v) is 11.9. The van der Waals surface area contributed by atoms with E-state index in [1.54, 1.807) is 0 Å². The zero-order chi connectivity index (χ0) is 15.4. The van der Waals surface area contributed by atoms with E-state index in [9.17, 15) is 18.3 Å². The van der Waals surface area contributed by atoms with Gasteiger partial charge in [0.1, 0.15) is 0 Å². The van der Waals surface area contributed by atoms with Crippen molar-refractivity contribution in [2.45, 2.75) is 51.0 Å². The molecule has 0 unspecified atom stereocenters. The summed E-state index contributed by atoms with van der Waals surface area (Å²) in [5, 5.41) is 19.2. The molecule has 0 heterocycles. The van der Waals surface area contributed by atoms with E-state index in [1.165, 1.54) is 0 Å². The average Bonchev–Trinajstić information content (AvgIpc) is 2.76. The SMILES string of the molecule is C[C@]12CC[C@H](c3cc(F)c(O)c(F)c3F)C[C@@H]1CC[C@@H]2O. The largest absolute Gasteiger partial charge is 0.503 e. The van der Waals surface area contributed by atoms with Gasteiger partial charge in [-0.05, 0) is 61.0 Å². The second kappa shape index (κ2) is 4.90. The fraction of sp³-hybridized carbons (Fsp3) is 0.625. The number of hydrogen-bond donors (Lipinski definition) is 2. The van der Waals surface area contributed by atoms with Crippen LogP contribution >= 0.6 is 0 Å². The van der Waals surface area contributed by atoms with Crippen LogP contribution in [-0.2, 0) is 0 Å². The lowest BCUT2D eigenvalue weighted by molar-refractivity contribution is 0.00836. The number of aliphatic hydroxyl groups is 1. The van der Waals surface area contributed by atoms with E-state index in [0.717, 1.165) is 18.9 Å². The first-order valence-corrected chi connectivity index (χ1v) is 7.39. The number of phenols is 1. The average molecular weight is 300 g/mol. The molecule has 0 spiro atoms. The van der Waals surface area contributed by atoms with Gasteiger partial charge < -0.3 is 10.2 Å². The second-order valence-corrected chi connectivity index (χ2v) is 6.69. The van der Waals surface area contributed by atoms with Crippen molar-refractivity contribution in [3.8, 4) is 5.75 Å². The van der Waals surface area contributed by atoms with Crippen LogP contribution < -0.4 is 0 Å². The maximum Gasteiger partial charge on any atom is 0.203 e. The third-order valence-electron chi connectivity index (χ3n) is 5.69. The van der Waals surface area contributed by atoms with E-state index >= 15 is 0 Å². The molecular weight excluding hydrogens is 281 g/mol. The molecule has 2 aliphatic rings. The van der Waals surface area contributed by atoms with Crippen molar-refractivity contribution in [1.29, 1.82) is 0 Å². The monoisotopic (exact) mass is 300 g/mol. The van der Waals surface area contributed by atoms with Gasteiger partial charge >= 0.3 is 0 Å². The second-order valence-electron chi connectivity index (χ2n) is 6.69. The van der Waals surface area contributed by atoms with Crippen molar-refractivity contribution in [2.75, 3.05) is 0 Å². The Morgan fingerprint density at radius 3 is 2.57 bits per heavy atom. The molecule has 3 rings (SSSR count). The molecule has 21 heavy (non-hydrogen) atoms. The summed E-state index contributed by atoms with van der Waals surface area (Å²) in [6, 6.07) is 0.909. The number of benzene rings is 1. The van der Waals surface area contributed by atoms with E-state index in [4.69, 9.17) is 5.11 Å². The Balaban J connectivity index is 1.91. The molecule has 4 atom stereocenters. The number of aliphatic hydroxyl groups excluding tert-OH is 1. The van der Waals surface area contributed by atoms with Gasteiger partial charge in [-0.3, -0.25) is 0 Å². The van der Waals surface area contributed by atoms with Gasteiger partial charge in [0, 0.05) is 0 Å². The normalized spacial score (nSPS) is 35.8. The number of aromatic hydroxyl groups is 1. The summed E-state index contributed by atoms with van der Waals surface area (Å²) < 4.78 is 41.0. The van der Waals surface area contributed by atoms with Crippen LogP contribution in [0.5, 0.6) is 5.75 Å². The van der Waals surface area contributed by atoms with E-state index in [-0.39, 0.29) is 28.9 Å². The van der Waals surface area contributed by atoms with Gasteiger partial charge in [-0.1, -0.05) is 6.92 Å². The molecule has 0 saturated heterocycles. The predicted octanol–water partition coefficient (Wildman–Crippen LogP) is 3.85. The van der Waals surface area contributed by atoms with E-state index < -0.39 is 23.2 Å². The van der Waals surface area contributed by atoms with Crippen LogP contribution in [0.3, 0.4) is 0 Å². The number of rotatable bonds is 1. The van der Waals surface area contributed by atoms with Crippen LogP contribution in [0.25, 0.3) is 0 Å². The molecule has 2 fully saturated rings. The molecule has 5 heteroatoms. The van der Waals surface area contributed by atoms with Crippen LogP contribution in [0.2, 0.25) is 0 Å². The molecule has 0 bridgehead atoms. The Morgan fingerprint density at radius 1 is 1.14 bits per heavy atom. The Hall–Kier alpha value is -1.23. The van der Waals surface area contributed by atoms with Crippen molar-refractivity contribution in [3.05, 3.63) is 29.1 Å². The molecule has 2 nitrogen and oxygen atoms in total. The summed E-state index contributed by atoms with van der Waals surface area (Å²) in [5.41, 5.74) is -0.160. The van der Waals surface area contributed by atoms with Crippen molar-refractivity contribution < 1.29 is 23.4 Å².